The van der Waals surface area contributed by atoms with Gasteiger partial charge >= 0.3 is 0 Å². The lowest BCUT2D eigenvalue weighted by Gasteiger charge is -2.35. The number of rotatable bonds is 1. The van der Waals surface area contributed by atoms with Crippen LogP contribution in [0.1, 0.15) is 31.4 Å². The van der Waals surface area contributed by atoms with Gasteiger partial charge in [0.1, 0.15) is 11.9 Å². The Kier molecular flexibility index (Phi) is 2.83. The van der Waals surface area contributed by atoms with E-state index in [1.54, 1.807) is 0 Å². The number of halogens is 1. The topological polar surface area (TPSA) is 47.3 Å². The maximum absolute atomic E-state index is 6.06. The molecule has 2 aliphatic rings. The minimum Gasteiger partial charge on any atom is -0.488 e. The highest BCUT2D eigenvalue weighted by atomic mass is 79.9. The molecule has 0 fully saturated rings. The van der Waals surface area contributed by atoms with E-state index in [0.717, 1.165) is 29.6 Å². The molecule has 0 saturated carbocycles. The van der Waals surface area contributed by atoms with E-state index < -0.39 is 0 Å². The van der Waals surface area contributed by atoms with Crippen molar-refractivity contribution in [1.29, 1.82) is 0 Å². The average Bonchev–Trinajstić information content (AvgIpc) is 2.71. The van der Waals surface area contributed by atoms with Crippen LogP contribution in [0.2, 0.25) is 0 Å². The zero-order chi connectivity index (χ0) is 12.9. The highest BCUT2D eigenvalue weighted by molar-refractivity contribution is 9.10. The first-order chi connectivity index (χ1) is 8.53. The lowest BCUT2D eigenvalue weighted by Crippen LogP contribution is -2.30. The molecule has 18 heavy (non-hydrogen) atoms. The van der Waals surface area contributed by atoms with Crippen LogP contribution in [0.5, 0.6) is 5.75 Å². The minimum absolute atomic E-state index is 0.135. The molecular weight excluding hydrogens is 292 g/mol. The molecule has 1 aromatic rings. The van der Waals surface area contributed by atoms with E-state index >= 15 is 0 Å². The summed E-state index contributed by atoms with van der Waals surface area (Å²) < 4.78 is 7.20. The van der Waals surface area contributed by atoms with Crippen LogP contribution in [-0.4, -0.2) is 19.2 Å². The van der Waals surface area contributed by atoms with Crippen LogP contribution in [0, 0.1) is 0 Å². The van der Waals surface area contributed by atoms with Crippen molar-refractivity contribution in [3.63, 3.8) is 0 Å². The quantitative estimate of drug-likeness (QED) is 0.838. The van der Waals surface area contributed by atoms with E-state index in [2.05, 4.69) is 41.2 Å². The first kappa shape index (κ1) is 12.3. The van der Waals surface area contributed by atoms with Crippen LogP contribution in [0.3, 0.4) is 0 Å². The van der Waals surface area contributed by atoms with Crippen LogP contribution >= 0.6 is 15.9 Å². The fraction of sp³-hybridized carbons (Fsp3) is 0.571. The number of benzene rings is 1. The number of nitrogens with two attached hydrogens (primary N) is 1. The number of hydrogen-bond acceptors (Lipinski definition) is 3. The second-order valence-corrected chi connectivity index (χ2v) is 6.69. The van der Waals surface area contributed by atoms with Crippen molar-refractivity contribution in [3.05, 3.63) is 21.7 Å². The van der Waals surface area contributed by atoms with Gasteiger partial charge in [0.05, 0.1) is 5.69 Å². The molecule has 3 rings (SSSR count). The molecule has 3 nitrogen and oxygen atoms in total. The normalized spacial score (nSPS) is 23.9. The van der Waals surface area contributed by atoms with Gasteiger partial charge in [-0.2, -0.15) is 0 Å². The number of hydrogen-bond donors (Lipinski definition) is 2. The van der Waals surface area contributed by atoms with Crippen molar-refractivity contribution in [2.75, 3.05) is 18.4 Å². The Labute approximate surface area is 116 Å². The van der Waals surface area contributed by atoms with E-state index in [-0.39, 0.29) is 11.5 Å². The largest absolute Gasteiger partial charge is 0.488 e. The molecular formula is C14H19BrN2O. The fourth-order valence-corrected chi connectivity index (χ4v) is 3.61. The predicted molar refractivity (Wildman–Crippen MR) is 77.4 cm³/mol. The maximum Gasteiger partial charge on any atom is 0.129 e. The van der Waals surface area contributed by atoms with Gasteiger partial charge in [0.2, 0.25) is 0 Å². The number of ether oxygens (including phenoxy) is 1. The molecule has 4 heteroatoms. The highest BCUT2D eigenvalue weighted by Gasteiger charge is 2.37. The molecule has 1 unspecified atom stereocenters. The van der Waals surface area contributed by atoms with Crippen LogP contribution in [-0.2, 0) is 11.8 Å². The molecule has 0 aromatic heterocycles. The molecule has 2 heterocycles. The molecule has 98 valence electrons. The fourth-order valence-electron chi connectivity index (χ4n) is 3.00. The smallest absolute Gasteiger partial charge is 0.129 e. The Morgan fingerprint density at radius 3 is 3.06 bits per heavy atom. The summed E-state index contributed by atoms with van der Waals surface area (Å²) in [7, 11) is 0. The van der Waals surface area contributed by atoms with E-state index in [1.165, 1.54) is 16.8 Å². The van der Waals surface area contributed by atoms with Crippen molar-refractivity contribution in [3.8, 4) is 5.75 Å². The van der Waals surface area contributed by atoms with Crippen LogP contribution < -0.4 is 15.8 Å². The monoisotopic (exact) mass is 310 g/mol. The Hall–Kier alpha value is -0.740. The molecule has 0 spiro atoms. The molecule has 0 radical (unpaired) electrons. The average molecular weight is 311 g/mol. The molecule has 0 saturated heterocycles. The minimum atomic E-state index is 0.135. The van der Waals surface area contributed by atoms with Crippen molar-refractivity contribution in [2.24, 2.45) is 5.73 Å². The van der Waals surface area contributed by atoms with Crippen molar-refractivity contribution >= 4 is 21.6 Å². The maximum atomic E-state index is 6.06. The van der Waals surface area contributed by atoms with Gasteiger partial charge in [-0.3, -0.25) is 0 Å². The van der Waals surface area contributed by atoms with E-state index in [1.807, 2.05) is 0 Å². The third kappa shape index (κ3) is 1.74. The lowest BCUT2D eigenvalue weighted by molar-refractivity contribution is 0.235. The third-order valence-corrected chi connectivity index (χ3v) is 4.66. The highest BCUT2D eigenvalue weighted by Crippen LogP contribution is 2.49. The zero-order valence-electron chi connectivity index (χ0n) is 10.8. The Bertz CT molecular complexity index is 499. The van der Waals surface area contributed by atoms with Crippen LogP contribution in [0.25, 0.3) is 0 Å². The summed E-state index contributed by atoms with van der Waals surface area (Å²) in [6, 6.07) is 2.18. The number of nitrogens with one attached hydrogen (secondary N) is 1. The zero-order valence-corrected chi connectivity index (χ0v) is 12.4. The Balaban J connectivity index is 2.19. The van der Waals surface area contributed by atoms with Gasteiger partial charge in [-0.05, 0) is 39.4 Å². The summed E-state index contributed by atoms with van der Waals surface area (Å²) in [5, 5.41) is 3.49. The molecule has 1 atom stereocenters. The van der Waals surface area contributed by atoms with Crippen LogP contribution in [0.4, 0.5) is 5.69 Å². The summed E-state index contributed by atoms with van der Waals surface area (Å²) in [5.41, 5.74) is 9.69. The molecule has 0 aliphatic carbocycles. The number of fused-ring (bicyclic) bond motifs is 3. The molecule has 1 aromatic carbocycles. The van der Waals surface area contributed by atoms with E-state index in [0.29, 0.717) is 6.54 Å². The second-order valence-electron chi connectivity index (χ2n) is 5.84. The Morgan fingerprint density at radius 2 is 2.33 bits per heavy atom. The summed E-state index contributed by atoms with van der Waals surface area (Å²) in [5.74, 6) is 1.07. The first-order valence-corrected chi connectivity index (χ1v) is 7.28. The van der Waals surface area contributed by atoms with Gasteiger partial charge in [-0.15, -0.1) is 0 Å². The predicted octanol–water partition coefficient (Wildman–Crippen LogP) is 2.80. The molecule has 2 aliphatic heterocycles. The standard InChI is InChI=1S/C14H19BrN2O/c1-14(2)3-4-17-12-10(15)6-8-5-9(7-16)18-13(8)11(12)14/h6,9,17H,3-5,7,16H2,1-2H3. The molecule has 0 bridgehead atoms. The van der Waals surface area contributed by atoms with Gasteiger partial charge in [-0.25, -0.2) is 0 Å². The van der Waals surface area contributed by atoms with Crippen molar-refractivity contribution in [1.82, 2.24) is 0 Å². The molecule has 0 amide bonds. The summed E-state index contributed by atoms with van der Waals surface area (Å²) in [6.07, 6.45) is 2.18. The van der Waals surface area contributed by atoms with Crippen molar-refractivity contribution in [2.45, 2.75) is 38.2 Å². The second kappa shape index (κ2) is 4.14. The van der Waals surface area contributed by atoms with Gasteiger partial charge in [-0.1, -0.05) is 13.8 Å². The van der Waals surface area contributed by atoms with Gasteiger partial charge < -0.3 is 15.8 Å². The Morgan fingerprint density at radius 1 is 1.56 bits per heavy atom. The van der Waals surface area contributed by atoms with Gasteiger partial charge in [0, 0.05) is 29.5 Å². The van der Waals surface area contributed by atoms with Gasteiger partial charge in [0.25, 0.3) is 0 Å². The third-order valence-electron chi connectivity index (χ3n) is 4.03. The van der Waals surface area contributed by atoms with E-state index in [9.17, 15) is 0 Å². The summed E-state index contributed by atoms with van der Waals surface area (Å²) >= 11 is 3.68. The lowest BCUT2D eigenvalue weighted by atomic mass is 9.77. The van der Waals surface area contributed by atoms with E-state index in [4.69, 9.17) is 10.5 Å². The summed E-state index contributed by atoms with van der Waals surface area (Å²) in [4.78, 5) is 0. The first-order valence-electron chi connectivity index (χ1n) is 6.49. The molecule has 3 N–H and O–H groups in total. The van der Waals surface area contributed by atoms with Crippen LogP contribution in [0.15, 0.2) is 10.5 Å². The number of anilines is 1. The SMILES string of the molecule is CC1(C)CCNc2c(Br)cc3c(c21)OC(CN)C3. The van der Waals surface area contributed by atoms with Crippen molar-refractivity contribution < 1.29 is 4.74 Å². The van der Waals surface area contributed by atoms with Gasteiger partial charge in [0.15, 0.2) is 0 Å². The summed E-state index contributed by atoms with van der Waals surface area (Å²) in [6.45, 7) is 6.17.